The number of benzene rings is 2. The van der Waals surface area contributed by atoms with Crippen LogP contribution in [0.1, 0.15) is 5.56 Å². The van der Waals surface area contributed by atoms with Crippen molar-refractivity contribution >= 4 is 0 Å². The Morgan fingerprint density at radius 2 is 1.72 bits per heavy atom. The fourth-order valence-corrected chi connectivity index (χ4v) is 2.69. The van der Waals surface area contributed by atoms with Gasteiger partial charge in [-0.1, -0.05) is 12.1 Å². The van der Waals surface area contributed by atoms with Gasteiger partial charge in [0.15, 0.2) is 11.5 Å². The summed E-state index contributed by atoms with van der Waals surface area (Å²) in [6, 6.07) is 12.9. The smallest absolute Gasteiger partial charge is 0.205 e. The van der Waals surface area contributed by atoms with E-state index in [9.17, 15) is 5.11 Å². The van der Waals surface area contributed by atoms with Crippen molar-refractivity contribution < 1.29 is 24.1 Å². The fourth-order valence-electron chi connectivity index (χ4n) is 2.69. The number of ether oxygens (including phenoxy) is 4. The molecule has 1 atom stereocenters. The van der Waals surface area contributed by atoms with Crippen LogP contribution in [0.25, 0.3) is 11.4 Å². The average Bonchev–Trinajstić information content (AvgIpc) is 3.22. The molecular weight excluding hydrogens is 376 g/mol. The highest BCUT2D eigenvalue weighted by Gasteiger charge is 2.13. The van der Waals surface area contributed by atoms with Gasteiger partial charge in [0.1, 0.15) is 5.75 Å². The quantitative estimate of drug-likeness (QED) is 0.551. The minimum Gasteiger partial charge on any atom is -0.497 e. The molecule has 29 heavy (non-hydrogen) atoms. The zero-order chi connectivity index (χ0) is 20.6. The van der Waals surface area contributed by atoms with Gasteiger partial charge in [-0.05, 0) is 41.1 Å². The largest absolute Gasteiger partial charge is 0.497 e. The lowest BCUT2D eigenvalue weighted by Gasteiger charge is -2.10. The third kappa shape index (κ3) is 5.43. The molecule has 1 aromatic heterocycles. The molecule has 0 saturated carbocycles. The van der Waals surface area contributed by atoms with Crippen LogP contribution in [0.2, 0.25) is 0 Å². The lowest BCUT2D eigenvalue weighted by Crippen LogP contribution is -2.23. The molecule has 0 fully saturated rings. The first kappa shape index (κ1) is 20.6. The summed E-state index contributed by atoms with van der Waals surface area (Å²) in [7, 11) is 4.76. The summed E-state index contributed by atoms with van der Waals surface area (Å²) in [5.41, 5.74) is 1.73. The highest BCUT2D eigenvalue weighted by Crippen LogP contribution is 2.30. The maximum atomic E-state index is 10.2. The van der Waals surface area contributed by atoms with Crippen molar-refractivity contribution in [2.75, 3.05) is 27.9 Å². The first-order chi connectivity index (χ1) is 14.1. The van der Waals surface area contributed by atoms with Gasteiger partial charge in [0.05, 0.1) is 47.2 Å². The Hall–Kier alpha value is -3.17. The second-order valence-corrected chi connectivity index (χ2v) is 6.25. The van der Waals surface area contributed by atoms with Crippen molar-refractivity contribution in [3.63, 3.8) is 0 Å². The SMILES string of the molecule is COc1ccc(COCC(O)Cn2nnc(-c3ccc(OC)c(OC)c3)n2)cc1. The number of nitrogens with zero attached hydrogens (tertiary/aromatic N) is 4. The Kier molecular flexibility index (Phi) is 6.99. The van der Waals surface area contributed by atoms with Crippen LogP contribution >= 0.6 is 0 Å². The lowest BCUT2D eigenvalue weighted by molar-refractivity contribution is 0.0165. The van der Waals surface area contributed by atoms with Crippen LogP contribution in [0.3, 0.4) is 0 Å². The van der Waals surface area contributed by atoms with E-state index in [2.05, 4.69) is 15.4 Å². The number of hydrogen-bond acceptors (Lipinski definition) is 8. The summed E-state index contributed by atoms with van der Waals surface area (Å²) in [5, 5.41) is 22.5. The summed E-state index contributed by atoms with van der Waals surface area (Å²) in [6.45, 7) is 0.713. The minimum atomic E-state index is -0.763. The van der Waals surface area contributed by atoms with Gasteiger partial charge in [-0.15, -0.1) is 10.2 Å². The normalized spacial score (nSPS) is 11.9. The summed E-state index contributed by atoms with van der Waals surface area (Å²) in [5.74, 6) is 2.41. The molecule has 1 unspecified atom stereocenters. The van der Waals surface area contributed by atoms with Gasteiger partial charge in [-0.25, -0.2) is 0 Å². The van der Waals surface area contributed by atoms with Crippen LogP contribution < -0.4 is 14.2 Å². The molecule has 2 aromatic carbocycles. The Labute approximate surface area is 168 Å². The molecule has 0 spiro atoms. The Balaban J connectivity index is 1.52. The first-order valence-electron chi connectivity index (χ1n) is 9.02. The first-order valence-corrected chi connectivity index (χ1v) is 9.02. The number of aliphatic hydroxyl groups excluding tert-OH is 1. The molecule has 154 valence electrons. The monoisotopic (exact) mass is 400 g/mol. The summed E-state index contributed by atoms with van der Waals surface area (Å²) >= 11 is 0. The van der Waals surface area contributed by atoms with Crippen molar-refractivity contribution in [2.24, 2.45) is 0 Å². The van der Waals surface area contributed by atoms with E-state index in [4.69, 9.17) is 18.9 Å². The maximum absolute atomic E-state index is 10.2. The molecule has 0 bridgehead atoms. The molecule has 1 N–H and O–H groups in total. The topological polar surface area (TPSA) is 101 Å². The van der Waals surface area contributed by atoms with Crippen LogP contribution in [0.5, 0.6) is 17.2 Å². The van der Waals surface area contributed by atoms with E-state index in [1.165, 1.54) is 4.80 Å². The molecule has 3 aromatic rings. The van der Waals surface area contributed by atoms with Crippen molar-refractivity contribution in [2.45, 2.75) is 19.3 Å². The fraction of sp³-hybridized carbons (Fsp3) is 0.350. The molecule has 0 radical (unpaired) electrons. The highest BCUT2D eigenvalue weighted by molar-refractivity contribution is 5.60. The van der Waals surface area contributed by atoms with Crippen molar-refractivity contribution in [1.29, 1.82) is 0 Å². The van der Waals surface area contributed by atoms with Crippen LogP contribution in [-0.2, 0) is 17.9 Å². The third-order valence-corrected chi connectivity index (χ3v) is 4.21. The van der Waals surface area contributed by atoms with Gasteiger partial charge in [-0.2, -0.15) is 4.80 Å². The van der Waals surface area contributed by atoms with E-state index < -0.39 is 6.10 Å². The average molecular weight is 400 g/mol. The molecule has 0 saturated heterocycles. The number of rotatable bonds is 10. The van der Waals surface area contributed by atoms with E-state index in [0.29, 0.717) is 23.9 Å². The predicted molar refractivity (Wildman–Crippen MR) is 105 cm³/mol. The molecule has 0 aliphatic heterocycles. The highest BCUT2D eigenvalue weighted by atomic mass is 16.5. The predicted octanol–water partition coefficient (Wildman–Crippen LogP) is 1.94. The van der Waals surface area contributed by atoms with E-state index in [0.717, 1.165) is 16.9 Å². The summed E-state index contributed by atoms with van der Waals surface area (Å²) in [4.78, 5) is 1.34. The standard InChI is InChI=1S/C20H24N4O5/c1-26-17-7-4-14(5-8-17)12-29-13-16(25)11-24-22-20(21-23-24)15-6-9-18(27-2)19(10-15)28-3/h4-10,16,25H,11-13H2,1-3H3. The van der Waals surface area contributed by atoms with Gasteiger partial charge >= 0.3 is 0 Å². The number of hydrogen-bond donors (Lipinski definition) is 1. The van der Waals surface area contributed by atoms with Gasteiger partial charge in [0, 0.05) is 5.56 Å². The zero-order valence-corrected chi connectivity index (χ0v) is 16.6. The number of aromatic nitrogens is 4. The Morgan fingerprint density at radius 3 is 2.41 bits per heavy atom. The van der Waals surface area contributed by atoms with Crippen LogP contribution in [0, 0.1) is 0 Å². The Bertz CT molecular complexity index is 913. The van der Waals surface area contributed by atoms with E-state index >= 15 is 0 Å². The Morgan fingerprint density at radius 1 is 0.966 bits per heavy atom. The number of tetrazole rings is 1. The van der Waals surface area contributed by atoms with Crippen molar-refractivity contribution in [3.05, 3.63) is 48.0 Å². The molecule has 1 heterocycles. The second-order valence-electron chi connectivity index (χ2n) is 6.25. The van der Waals surface area contributed by atoms with E-state index in [-0.39, 0.29) is 13.2 Å². The van der Waals surface area contributed by atoms with Gasteiger partial charge < -0.3 is 24.1 Å². The van der Waals surface area contributed by atoms with E-state index in [1.807, 2.05) is 30.3 Å². The molecule has 9 nitrogen and oxygen atoms in total. The molecule has 0 aliphatic rings. The molecule has 0 amide bonds. The minimum absolute atomic E-state index is 0.152. The summed E-state index contributed by atoms with van der Waals surface area (Å²) < 4.78 is 21.2. The van der Waals surface area contributed by atoms with Gasteiger partial charge in [-0.3, -0.25) is 0 Å². The molecular formula is C20H24N4O5. The van der Waals surface area contributed by atoms with Crippen molar-refractivity contribution in [1.82, 2.24) is 20.2 Å². The molecule has 9 heteroatoms. The second kappa shape index (κ2) is 9.85. The number of aliphatic hydroxyl groups is 1. The van der Waals surface area contributed by atoms with Crippen LogP contribution in [0.15, 0.2) is 42.5 Å². The molecule has 3 rings (SSSR count). The summed E-state index contributed by atoms with van der Waals surface area (Å²) in [6.07, 6.45) is -0.763. The van der Waals surface area contributed by atoms with Gasteiger partial charge in [0.25, 0.3) is 0 Å². The van der Waals surface area contributed by atoms with Crippen molar-refractivity contribution in [3.8, 4) is 28.6 Å². The maximum Gasteiger partial charge on any atom is 0.205 e. The lowest BCUT2D eigenvalue weighted by atomic mass is 10.2. The third-order valence-electron chi connectivity index (χ3n) is 4.21. The van der Waals surface area contributed by atoms with Crippen LogP contribution in [0.4, 0.5) is 0 Å². The van der Waals surface area contributed by atoms with Crippen LogP contribution in [-0.4, -0.2) is 59.4 Å². The van der Waals surface area contributed by atoms with Gasteiger partial charge in [0.2, 0.25) is 5.82 Å². The number of methoxy groups -OCH3 is 3. The zero-order valence-electron chi connectivity index (χ0n) is 16.6. The molecule has 0 aliphatic carbocycles. The van der Waals surface area contributed by atoms with E-state index in [1.54, 1.807) is 33.5 Å².